The van der Waals surface area contributed by atoms with Crippen molar-refractivity contribution in [3.05, 3.63) is 52.4 Å². The Bertz CT molecular complexity index is 1610. The molecule has 1 aliphatic rings. The second kappa shape index (κ2) is 11.8. The van der Waals surface area contributed by atoms with Gasteiger partial charge in [0.05, 0.1) is 39.8 Å². The van der Waals surface area contributed by atoms with Crippen molar-refractivity contribution >= 4 is 44.9 Å². The number of aryl methyl sites for hydroxylation is 2. The van der Waals surface area contributed by atoms with E-state index in [0.29, 0.717) is 27.6 Å². The smallest absolute Gasteiger partial charge is 0.406 e. The second-order valence-corrected chi connectivity index (χ2v) is 11.6. The summed E-state index contributed by atoms with van der Waals surface area (Å²) in [6.45, 7) is 5.03. The zero-order valence-electron chi connectivity index (χ0n) is 22.6. The van der Waals surface area contributed by atoms with E-state index in [1.54, 1.807) is 20.0 Å². The lowest BCUT2D eigenvalue weighted by atomic mass is 10.1. The van der Waals surface area contributed by atoms with Crippen LogP contribution in [0, 0.1) is 19.8 Å². The monoisotopic (exact) mass is 624 g/mol. The third-order valence-corrected chi connectivity index (χ3v) is 8.38. The first-order chi connectivity index (χ1) is 19.8. The number of hydrogen-bond donors (Lipinski definition) is 5. The largest absolute Gasteiger partial charge is 0.573 e. The summed E-state index contributed by atoms with van der Waals surface area (Å²) in [5.41, 5.74) is 2.99. The van der Waals surface area contributed by atoms with E-state index in [1.165, 1.54) is 23.5 Å². The van der Waals surface area contributed by atoms with Gasteiger partial charge < -0.3 is 30.7 Å². The molecule has 0 bridgehead atoms. The molecular formula is C27H28ClF3N6O4S. The van der Waals surface area contributed by atoms with E-state index in [0.717, 1.165) is 22.0 Å². The van der Waals surface area contributed by atoms with Gasteiger partial charge in [0.2, 0.25) is 5.95 Å². The third-order valence-electron chi connectivity index (χ3n) is 7.13. The number of fused-ring (bicyclic) bond motifs is 1. The maximum absolute atomic E-state index is 12.8. The van der Waals surface area contributed by atoms with E-state index in [2.05, 4.69) is 30.3 Å². The molecule has 1 aromatic carbocycles. The minimum atomic E-state index is -4.88. The zero-order valence-corrected chi connectivity index (χ0v) is 24.2. The Morgan fingerprint density at radius 2 is 1.88 bits per heavy atom. The number of hydrogen-bond acceptors (Lipinski definition) is 11. The van der Waals surface area contributed by atoms with Gasteiger partial charge >= 0.3 is 6.36 Å². The van der Waals surface area contributed by atoms with Gasteiger partial charge in [-0.2, -0.15) is 4.98 Å². The van der Waals surface area contributed by atoms with Crippen molar-refractivity contribution in [2.24, 2.45) is 5.92 Å². The van der Waals surface area contributed by atoms with Crippen LogP contribution in [0.1, 0.15) is 36.3 Å². The second-order valence-electron chi connectivity index (χ2n) is 10.2. The zero-order chi connectivity index (χ0) is 30.3. The van der Waals surface area contributed by atoms with Crippen LogP contribution in [-0.4, -0.2) is 66.5 Å². The number of alkyl halides is 3. The van der Waals surface area contributed by atoms with Gasteiger partial charge in [0.1, 0.15) is 28.2 Å². The lowest BCUT2D eigenvalue weighted by Crippen LogP contribution is -2.35. The van der Waals surface area contributed by atoms with E-state index in [9.17, 15) is 28.5 Å². The lowest BCUT2D eigenvalue weighted by molar-refractivity contribution is -0.274. The molecular weight excluding hydrogens is 597 g/mol. The molecule has 0 radical (unpaired) electrons. The van der Waals surface area contributed by atoms with Gasteiger partial charge in [0.25, 0.3) is 0 Å². The maximum Gasteiger partial charge on any atom is 0.573 e. The van der Waals surface area contributed by atoms with Gasteiger partial charge in [-0.15, -0.1) is 24.5 Å². The third kappa shape index (κ3) is 6.37. The highest BCUT2D eigenvalue weighted by Gasteiger charge is 2.41. The highest BCUT2D eigenvalue weighted by molar-refractivity contribution is 7.21. The molecule has 0 spiro atoms. The number of halogens is 4. The molecule has 1 fully saturated rings. The molecule has 0 amide bonds. The van der Waals surface area contributed by atoms with Crippen LogP contribution in [0.15, 0.2) is 30.5 Å². The molecule has 15 heteroatoms. The molecule has 5 atom stereocenters. The van der Waals surface area contributed by atoms with Crippen LogP contribution < -0.4 is 15.4 Å². The Morgan fingerprint density at radius 1 is 1.12 bits per heavy atom. The fourth-order valence-corrected chi connectivity index (χ4v) is 6.36. The topological polar surface area (TPSA) is 146 Å². The van der Waals surface area contributed by atoms with Crippen LogP contribution in [0.25, 0.3) is 20.8 Å². The molecule has 0 saturated heterocycles. The molecule has 42 heavy (non-hydrogen) atoms. The van der Waals surface area contributed by atoms with Crippen molar-refractivity contribution in [2.75, 3.05) is 17.2 Å². The van der Waals surface area contributed by atoms with Gasteiger partial charge in [0, 0.05) is 23.7 Å². The van der Waals surface area contributed by atoms with Crippen molar-refractivity contribution in [3.63, 3.8) is 0 Å². The molecule has 4 aromatic rings. The number of rotatable bonds is 8. The van der Waals surface area contributed by atoms with E-state index in [1.807, 2.05) is 13.0 Å². The summed E-state index contributed by atoms with van der Waals surface area (Å²) in [7, 11) is 0. The van der Waals surface area contributed by atoms with Gasteiger partial charge in [-0.25, -0.2) is 9.97 Å². The van der Waals surface area contributed by atoms with Crippen LogP contribution in [0.4, 0.5) is 24.9 Å². The minimum absolute atomic E-state index is 0.0584. The summed E-state index contributed by atoms with van der Waals surface area (Å²) >= 11 is 7.48. The quantitative estimate of drug-likeness (QED) is 0.181. The van der Waals surface area contributed by atoms with Crippen molar-refractivity contribution < 1.29 is 33.2 Å². The minimum Gasteiger partial charge on any atom is -0.406 e. The fraction of sp³-hybridized carbons (Fsp3) is 0.407. The average Bonchev–Trinajstić information content (AvgIpc) is 3.44. The Morgan fingerprint density at radius 3 is 2.55 bits per heavy atom. The van der Waals surface area contributed by atoms with Crippen molar-refractivity contribution in [2.45, 2.75) is 57.8 Å². The summed E-state index contributed by atoms with van der Waals surface area (Å²) in [6, 6.07) is 4.43. The highest BCUT2D eigenvalue weighted by Crippen LogP contribution is 2.39. The molecule has 0 aliphatic heterocycles. The van der Waals surface area contributed by atoms with Crippen LogP contribution in [-0.2, 0) is 0 Å². The van der Waals surface area contributed by atoms with Crippen molar-refractivity contribution in [3.8, 4) is 16.3 Å². The molecule has 5 N–H and O–H groups in total. The van der Waals surface area contributed by atoms with Gasteiger partial charge in [-0.3, -0.25) is 4.98 Å². The summed E-state index contributed by atoms with van der Waals surface area (Å²) < 4.78 is 43.4. The maximum atomic E-state index is 12.8. The van der Waals surface area contributed by atoms with Gasteiger partial charge in [-0.1, -0.05) is 11.6 Å². The fourth-order valence-electron chi connectivity index (χ4n) is 5.02. The summed E-state index contributed by atoms with van der Waals surface area (Å²) in [5, 5.41) is 37.7. The normalized spacial score (nSPS) is 21.5. The predicted octanol–water partition coefficient (Wildman–Crippen LogP) is 5.00. The number of benzene rings is 1. The highest BCUT2D eigenvalue weighted by atomic mass is 35.5. The lowest BCUT2D eigenvalue weighted by Gasteiger charge is -2.22. The molecule has 3 heterocycles. The summed E-state index contributed by atoms with van der Waals surface area (Å²) in [6.07, 6.45) is -5.18. The number of aromatic nitrogens is 4. The number of aliphatic hydroxyl groups excluding tert-OH is 3. The number of thiazole rings is 1. The first kappa shape index (κ1) is 30.2. The predicted molar refractivity (Wildman–Crippen MR) is 153 cm³/mol. The number of pyridine rings is 1. The first-order valence-electron chi connectivity index (χ1n) is 13.0. The first-order valence-corrected chi connectivity index (χ1v) is 14.2. The SMILES string of the molecule is Cc1nc(N[C@H](C)c2cc(Cl)cc(OC(F)(F)F)c2)nc(N[C@@H]2C[C@H](CO)[C@@H](O)[C@H]2O)c1-c1nc2c(C)nccc2s1. The van der Waals surface area contributed by atoms with E-state index >= 15 is 0 Å². The number of anilines is 2. The Labute approximate surface area is 247 Å². The Balaban J connectivity index is 1.52. The molecule has 5 rings (SSSR count). The molecule has 1 saturated carbocycles. The van der Waals surface area contributed by atoms with Crippen molar-refractivity contribution in [1.82, 2.24) is 19.9 Å². The molecule has 0 unspecified atom stereocenters. The number of nitrogens with zero attached hydrogens (tertiary/aromatic N) is 4. The Kier molecular flexibility index (Phi) is 8.45. The number of aliphatic hydroxyl groups is 3. The summed E-state index contributed by atoms with van der Waals surface area (Å²) in [5.74, 6) is -0.506. The van der Waals surface area contributed by atoms with Gasteiger partial charge in [0.15, 0.2) is 0 Å². The number of nitrogens with one attached hydrogen (secondary N) is 2. The number of ether oxygens (including phenoxy) is 1. The van der Waals surface area contributed by atoms with E-state index in [-0.39, 0.29) is 24.0 Å². The van der Waals surface area contributed by atoms with Crippen LogP contribution >= 0.6 is 22.9 Å². The van der Waals surface area contributed by atoms with Crippen molar-refractivity contribution in [1.29, 1.82) is 0 Å². The van der Waals surface area contributed by atoms with Crippen LogP contribution in [0.5, 0.6) is 5.75 Å². The van der Waals surface area contributed by atoms with Crippen LogP contribution in [0.3, 0.4) is 0 Å². The Hall–Kier alpha value is -3.30. The van der Waals surface area contributed by atoms with Gasteiger partial charge in [-0.05, 0) is 57.0 Å². The van der Waals surface area contributed by atoms with E-state index in [4.69, 9.17) is 16.6 Å². The average molecular weight is 625 g/mol. The molecule has 3 aromatic heterocycles. The molecule has 1 aliphatic carbocycles. The van der Waals surface area contributed by atoms with E-state index < -0.39 is 42.3 Å². The standard InChI is InChI=1S/C27H28ClF3N6O4S/c1-11(14-6-16(28)9-17(7-14)41-27(29,30)31)33-26-34-12(2)20(25-36-21-13(3)32-5-4-19(21)42-25)24(37-26)35-18-8-15(10-38)22(39)23(18)40/h4-7,9,11,15,18,22-23,38-40H,8,10H2,1-3H3,(H2,33,34,35,37)/t11-,15-,18-,22-,23+/m1/s1. The molecule has 224 valence electrons. The van der Waals surface area contributed by atoms with Crippen LogP contribution in [0.2, 0.25) is 5.02 Å². The molecule has 10 nitrogen and oxygen atoms in total. The summed E-state index contributed by atoms with van der Waals surface area (Å²) in [4.78, 5) is 18.4.